The maximum Gasteiger partial charge on any atom is 0.335 e. The highest BCUT2D eigenvalue weighted by atomic mass is 16.5. The average molecular weight is 577 g/mol. The molecule has 1 aromatic rings. The topological polar surface area (TPSA) is 55.8 Å². The maximum absolute atomic E-state index is 12.7. The van der Waals surface area contributed by atoms with E-state index in [9.17, 15) is 9.90 Å². The molecule has 0 radical (unpaired) electrons. The number of rotatable bonds is 9. The number of hydrogen-bond donors (Lipinski definition) is 1. The minimum absolute atomic E-state index is 0.0824. The zero-order chi connectivity index (χ0) is 30.2. The lowest BCUT2D eigenvalue weighted by Crippen LogP contribution is -2.53. The molecule has 9 atom stereocenters. The van der Waals surface area contributed by atoms with Gasteiger partial charge in [-0.25, -0.2) is 4.79 Å². The summed E-state index contributed by atoms with van der Waals surface area (Å²) in [6.07, 6.45) is 18.3. The van der Waals surface area contributed by atoms with Gasteiger partial charge in [0.2, 0.25) is 0 Å². The van der Waals surface area contributed by atoms with Crippen LogP contribution >= 0.6 is 0 Å². The fourth-order valence-electron chi connectivity index (χ4n) is 10.1. The summed E-state index contributed by atoms with van der Waals surface area (Å²) >= 11 is 0. The van der Waals surface area contributed by atoms with Crippen LogP contribution in [0.2, 0.25) is 0 Å². The number of fused-ring (bicyclic) bond motifs is 5. The van der Waals surface area contributed by atoms with Crippen molar-refractivity contribution in [2.75, 3.05) is 7.11 Å². The van der Waals surface area contributed by atoms with E-state index in [-0.39, 0.29) is 11.7 Å². The van der Waals surface area contributed by atoms with Gasteiger partial charge in [-0.1, -0.05) is 60.5 Å². The van der Waals surface area contributed by atoms with Gasteiger partial charge in [-0.2, -0.15) is 0 Å². The molecule has 4 unspecified atom stereocenters. The highest BCUT2D eigenvalue weighted by Gasteiger charge is 2.60. The van der Waals surface area contributed by atoms with Gasteiger partial charge in [0.15, 0.2) is 11.5 Å². The Labute approximate surface area is 255 Å². The fourth-order valence-corrected chi connectivity index (χ4v) is 10.1. The summed E-state index contributed by atoms with van der Waals surface area (Å²) in [5.74, 6) is 7.45. The molecule has 3 saturated carbocycles. The molecule has 42 heavy (non-hydrogen) atoms. The lowest BCUT2D eigenvalue weighted by Gasteiger charge is -2.60. The Morgan fingerprint density at radius 2 is 1.79 bits per heavy atom. The van der Waals surface area contributed by atoms with Gasteiger partial charge in [-0.3, -0.25) is 0 Å². The molecule has 3 fully saturated rings. The first-order valence-electron chi connectivity index (χ1n) is 16.9. The Bertz CT molecular complexity index is 1180. The van der Waals surface area contributed by atoms with Crippen molar-refractivity contribution in [2.24, 2.45) is 58.2 Å². The third-order valence-electron chi connectivity index (χ3n) is 13.1. The summed E-state index contributed by atoms with van der Waals surface area (Å²) in [6, 6.07) is 5.03. The van der Waals surface area contributed by atoms with Crippen molar-refractivity contribution in [3.05, 3.63) is 41.7 Å². The first-order chi connectivity index (χ1) is 20.0. The number of hydrogen-bond acceptors (Lipinski definition) is 4. The summed E-state index contributed by atoms with van der Waals surface area (Å²) < 4.78 is 11.0. The van der Waals surface area contributed by atoms with Crippen LogP contribution in [0.5, 0.6) is 11.5 Å². The van der Waals surface area contributed by atoms with Crippen LogP contribution in [0.15, 0.2) is 36.1 Å². The van der Waals surface area contributed by atoms with Crippen LogP contribution in [0, 0.1) is 58.2 Å². The van der Waals surface area contributed by atoms with E-state index in [0.29, 0.717) is 22.5 Å². The van der Waals surface area contributed by atoms with Gasteiger partial charge in [0.05, 0.1) is 7.11 Å². The molecule has 0 heterocycles. The Hall–Kier alpha value is -2.23. The second-order valence-corrected chi connectivity index (χ2v) is 15.4. The number of benzene rings is 1. The zero-order valence-corrected chi connectivity index (χ0v) is 27.3. The van der Waals surface area contributed by atoms with Crippen LogP contribution in [-0.2, 0) is 9.53 Å². The highest BCUT2D eigenvalue weighted by Crippen LogP contribution is 2.68. The van der Waals surface area contributed by atoms with Crippen molar-refractivity contribution < 1.29 is 19.4 Å². The largest absolute Gasteiger partial charge is 0.504 e. The standard InChI is InChI=1S/C38H56O4/c1-24(2)25(3)8-9-26(4)31-14-15-32-30-13-12-28-23-29(18-20-37(28,5)33(30)19-21-38(31,32)6)42-36(40)17-11-27-10-16-34(39)35(22-27)41-7/h10-11,16-18,22,24-26,28,30-33,39H,8-9,12-15,19-21,23H2,1-7H3/b17-11+/t25-,26-,28?,30?,31-,32?,33?,37+,38-/m1/s1. The number of ether oxygens (including phenoxy) is 2. The first-order valence-corrected chi connectivity index (χ1v) is 16.9. The number of esters is 1. The molecule has 0 aromatic heterocycles. The number of carbonyl (C=O) groups excluding carboxylic acids is 1. The number of methoxy groups -OCH3 is 1. The summed E-state index contributed by atoms with van der Waals surface area (Å²) in [5, 5.41) is 9.81. The molecule has 4 aliphatic rings. The van der Waals surface area contributed by atoms with Gasteiger partial charge >= 0.3 is 5.97 Å². The number of phenolic OH excluding ortho intramolecular Hbond substituents is 1. The SMILES string of the molecule is COc1cc(/C=C/C(=O)OC2=CC[C@@]3(C)C(CCC4C3CC[C@@]3(C)C4CC[C@@H]3[C@H](C)CC[C@@H](C)C(C)C)C2)ccc1O. The van der Waals surface area contributed by atoms with Crippen LogP contribution < -0.4 is 4.74 Å². The second kappa shape index (κ2) is 12.4. The van der Waals surface area contributed by atoms with Crippen LogP contribution in [0.25, 0.3) is 6.08 Å². The maximum atomic E-state index is 12.7. The molecule has 0 amide bonds. The molecule has 232 valence electrons. The van der Waals surface area contributed by atoms with Crippen molar-refractivity contribution >= 4 is 12.0 Å². The normalized spacial score (nSPS) is 35.6. The van der Waals surface area contributed by atoms with E-state index in [1.807, 2.05) is 0 Å². The lowest BCUT2D eigenvalue weighted by atomic mass is 9.45. The minimum atomic E-state index is -0.340. The molecule has 1 N–H and O–H groups in total. The molecule has 0 bridgehead atoms. The summed E-state index contributed by atoms with van der Waals surface area (Å²) in [5.41, 5.74) is 1.61. The van der Waals surface area contributed by atoms with Gasteiger partial charge in [0.25, 0.3) is 0 Å². The minimum Gasteiger partial charge on any atom is -0.504 e. The van der Waals surface area contributed by atoms with Crippen LogP contribution in [-0.4, -0.2) is 18.2 Å². The molecule has 4 nitrogen and oxygen atoms in total. The highest BCUT2D eigenvalue weighted by molar-refractivity contribution is 5.87. The first kappa shape index (κ1) is 31.2. The molecule has 4 heteroatoms. The van der Waals surface area contributed by atoms with Crippen LogP contribution in [0.1, 0.15) is 111 Å². The van der Waals surface area contributed by atoms with Crippen molar-refractivity contribution in [2.45, 2.75) is 106 Å². The van der Waals surface area contributed by atoms with E-state index in [4.69, 9.17) is 9.47 Å². The van der Waals surface area contributed by atoms with Gasteiger partial charge in [0.1, 0.15) is 5.76 Å². The summed E-state index contributed by atoms with van der Waals surface area (Å²) in [7, 11) is 1.51. The summed E-state index contributed by atoms with van der Waals surface area (Å²) in [6.45, 7) is 15.0. The Morgan fingerprint density at radius 1 is 1.02 bits per heavy atom. The quantitative estimate of drug-likeness (QED) is 0.235. The van der Waals surface area contributed by atoms with Crippen molar-refractivity contribution in [3.8, 4) is 11.5 Å². The number of phenols is 1. The third kappa shape index (κ3) is 5.93. The van der Waals surface area contributed by atoms with E-state index < -0.39 is 0 Å². The second-order valence-electron chi connectivity index (χ2n) is 15.4. The fraction of sp³-hybridized carbons (Fsp3) is 0.711. The van der Waals surface area contributed by atoms with Crippen LogP contribution in [0.4, 0.5) is 0 Å². The summed E-state index contributed by atoms with van der Waals surface area (Å²) in [4.78, 5) is 12.7. The Kier molecular flexibility index (Phi) is 9.22. The monoisotopic (exact) mass is 576 g/mol. The predicted molar refractivity (Wildman–Crippen MR) is 171 cm³/mol. The van der Waals surface area contributed by atoms with Gasteiger partial charge in [0, 0.05) is 12.5 Å². The molecule has 0 saturated heterocycles. The van der Waals surface area contributed by atoms with Gasteiger partial charge < -0.3 is 14.6 Å². The average Bonchev–Trinajstić information content (AvgIpc) is 3.32. The molecule has 0 spiro atoms. The van der Waals surface area contributed by atoms with E-state index in [1.54, 1.807) is 24.3 Å². The van der Waals surface area contributed by atoms with Gasteiger partial charge in [-0.05, 0) is 133 Å². The van der Waals surface area contributed by atoms with E-state index >= 15 is 0 Å². The molecule has 5 rings (SSSR count). The Balaban J connectivity index is 1.21. The number of allylic oxidation sites excluding steroid dienone is 2. The molecule has 1 aromatic carbocycles. The third-order valence-corrected chi connectivity index (χ3v) is 13.1. The molecular formula is C38H56O4. The smallest absolute Gasteiger partial charge is 0.335 e. The van der Waals surface area contributed by atoms with Crippen molar-refractivity contribution in [1.82, 2.24) is 0 Å². The number of carbonyl (C=O) groups is 1. The van der Waals surface area contributed by atoms with Crippen molar-refractivity contribution in [1.29, 1.82) is 0 Å². The van der Waals surface area contributed by atoms with E-state index in [2.05, 4.69) is 47.6 Å². The number of aromatic hydroxyl groups is 1. The van der Waals surface area contributed by atoms with E-state index in [0.717, 1.165) is 65.6 Å². The van der Waals surface area contributed by atoms with Gasteiger partial charge in [-0.15, -0.1) is 0 Å². The van der Waals surface area contributed by atoms with Crippen molar-refractivity contribution in [3.63, 3.8) is 0 Å². The molecule has 4 aliphatic carbocycles. The zero-order valence-electron chi connectivity index (χ0n) is 27.3. The molecular weight excluding hydrogens is 520 g/mol. The predicted octanol–water partition coefficient (Wildman–Crippen LogP) is 9.82. The van der Waals surface area contributed by atoms with E-state index in [1.165, 1.54) is 64.6 Å². The van der Waals surface area contributed by atoms with Crippen LogP contribution in [0.3, 0.4) is 0 Å². The Morgan fingerprint density at radius 3 is 2.52 bits per heavy atom. The lowest BCUT2D eigenvalue weighted by molar-refractivity contribution is -0.136. The molecule has 0 aliphatic heterocycles.